The van der Waals surface area contributed by atoms with E-state index in [0.717, 1.165) is 33.4 Å². The Labute approximate surface area is 116 Å². The van der Waals surface area contributed by atoms with Gasteiger partial charge in [0, 0.05) is 34.3 Å². The molecule has 2 rings (SSSR count). The van der Waals surface area contributed by atoms with Crippen molar-refractivity contribution >= 4 is 15.9 Å². The van der Waals surface area contributed by atoms with E-state index in [2.05, 4.69) is 32.0 Å². The summed E-state index contributed by atoms with van der Waals surface area (Å²) in [7, 11) is 0. The van der Waals surface area contributed by atoms with E-state index in [1.807, 2.05) is 32.2 Å². The molecule has 0 fully saturated rings. The van der Waals surface area contributed by atoms with Crippen LogP contribution < -0.4 is 5.73 Å². The first-order valence-corrected chi connectivity index (χ1v) is 6.64. The number of aromatic nitrogens is 2. The Morgan fingerprint density at radius 3 is 2.72 bits per heavy atom. The van der Waals surface area contributed by atoms with E-state index in [1.165, 1.54) is 0 Å². The van der Waals surface area contributed by atoms with Gasteiger partial charge in [-0.1, -0.05) is 6.07 Å². The highest BCUT2D eigenvalue weighted by atomic mass is 79.9. The lowest BCUT2D eigenvalue weighted by Gasteiger charge is -2.14. The summed E-state index contributed by atoms with van der Waals surface area (Å²) in [4.78, 5) is 8.60. The van der Waals surface area contributed by atoms with Crippen LogP contribution in [-0.4, -0.2) is 9.97 Å². The van der Waals surface area contributed by atoms with Gasteiger partial charge in [-0.15, -0.1) is 0 Å². The summed E-state index contributed by atoms with van der Waals surface area (Å²) in [5.41, 5.74) is 10.5. The van der Waals surface area contributed by atoms with Crippen molar-refractivity contribution in [3.8, 4) is 0 Å². The number of hydrogen-bond acceptors (Lipinski definition) is 3. The van der Waals surface area contributed by atoms with Crippen molar-refractivity contribution in [1.29, 1.82) is 0 Å². The normalized spacial score (nSPS) is 12.4. The molecule has 0 aliphatic heterocycles. The molecule has 1 unspecified atom stereocenters. The molecule has 0 radical (unpaired) electrons. The van der Waals surface area contributed by atoms with Gasteiger partial charge in [-0.3, -0.25) is 9.97 Å². The van der Waals surface area contributed by atoms with Gasteiger partial charge in [-0.05, 0) is 59.5 Å². The van der Waals surface area contributed by atoms with E-state index in [0.29, 0.717) is 0 Å². The van der Waals surface area contributed by atoms with Gasteiger partial charge in [-0.2, -0.15) is 0 Å². The minimum atomic E-state index is -0.0470. The second-order valence-corrected chi connectivity index (χ2v) is 5.36. The molecular formula is C14H16BrN3. The zero-order chi connectivity index (χ0) is 13.1. The van der Waals surface area contributed by atoms with Crippen molar-refractivity contribution in [3.63, 3.8) is 0 Å². The van der Waals surface area contributed by atoms with E-state index >= 15 is 0 Å². The van der Waals surface area contributed by atoms with Crippen LogP contribution in [0.5, 0.6) is 0 Å². The molecule has 2 N–H and O–H groups in total. The van der Waals surface area contributed by atoms with Crippen molar-refractivity contribution in [2.45, 2.75) is 26.3 Å². The Balaban J connectivity index is 2.19. The maximum Gasteiger partial charge on any atom is 0.0423 e. The Bertz CT molecular complexity index is 554. The summed E-state index contributed by atoms with van der Waals surface area (Å²) in [6.07, 6.45) is 4.38. The number of halogens is 1. The number of pyridine rings is 2. The molecule has 0 amide bonds. The van der Waals surface area contributed by atoms with Crippen molar-refractivity contribution in [1.82, 2.24) is 9.97 Å². The number of rotatable bonds is 3. The average Bonchev–Trinajstić information content (AvgIpc) is 2.28. The smallest absolute Gasteiger partial charge is 0.0423 e. The Morgan fingerprint density at radius 1 is 1.28 bits per heavy atom. The van der Waals surface area contributed by atoms with E-state index in [1.54, 1.807) is 6.20 Å². The molecule has 0 saturated carbocycles. The van der Waals surface area contributed by atoms with Crippen molar-refractivity contribution in [2.24, 2.45) is 5.73 Å². The summed E-state index contributed by atoms with van der Waals surface area (Å²) >= 11 is 3.42. The predicted molar refractivity (Wildman–Crippen MR) is 76.3 cm³/mol. The summed E-state index contributed by atoms with van der Waals surface area (Å²) in [6.45, 7) is 3.99. The minimum absolute atomic E-state index is 0.0470. The zero-order valence-corrected chi connectivity index (χ0v) is 12.1. The van der Waals surface area contributed by atoms with Crippen LogP contribution in [0.1, 0.15) is 28.6 Å². The Hall–Kier alpha value is -1.26. The average molecular weight is 306 g/mol. The highest BCUT2D eigenvalue weighted by Crippen LogP contribution is 2.20. The van der Waals surface area contributed by atoms with E-state index < -0.39 is 0 Å². The van der Waals surface area contributed by atoms with E-state index in [9.17, 15) is 0 Å². The van der Waals surface area contributed by atoms with Gasteiger partial charge in [0.1, 0.15) is 0 Å². The summed E-state index contributed by atoms with van der Waals surface area (Å²) < 4.78 is 0.978. The third-order valence-electron chi connectivity index (χ3n) is 2.88. The Morgan fingerprint density at radius 2 is 2.06 bits per heavy atom. The molecule has 0 aromatic carbocycles. The predicted octanol–water partition coefficient (Wildman–Crippen LogP) is 3.10. The molecule has 94 valence electrons. The molecule has 3 nitrogen and oxygen atoms in total. The number of nitrogens with zero attached hydrogens (tertiary/aromatic N) is 2. The monoisotopic (exact) mass is 305 g/mol. The lowest BCUT2D eigenvalue weighted by molar-refractivity contribution is 0.707. The molecule has 0 saturated heterocycles. The van der Waals surface area contributed by atoms with Crippen LogP contribution in [-0.2, 0) is 6.42 Å². The second-order valence-electron chi connectivity index (χ2n) is 4.45. The van der Waals surface area contributed by atoms with Crippen LogP contribution in [0.25, 0.3) is 0 Å². The molecule has 2 aromatic rings. The van der Waals surface area contributed by atoms with Crippen LogP contribution in [0, 0.1) is 13.8 Å². The fourth-order valence-electron chi connectivity index (χ4n) is 2.02. The maximum absolute atomic E-state index is 6.24. The quantitative estimate of drug-likeness (QED) is 0.948. The fourth-order valence-corrected chi connectivity index (χ4v) is 2.43. The topological polar surface area (TPSA) is 51.8 Å². The molecule has 0 spiro atoms. The van der Waals surface area contributed by atoms with Gasteiger partial charge in [0.2, 0.25) is 0 Å². The number of nitrogens with two attached hydrogens (primary N) is 1. The van der Waals surface area contributed by atoms with Crippen molar-refractivity contribution in [2.75, 3.05) is 0 Å². The minimum Gasteiger partial charge on any atom is -0.324 e. The van der Waals surface area contributed by atoms with Gasteiger partial charge in [0.05, 0.1) is 0 Å². The highest BCUT2D eigenvalue weighted by molar-refractivity contribution is 9.10. The number of hydrogen-bond donors (Lipinski definition) is 1. The molecule has 2 heterocycles. The largest absolute Gasteiger partial charge is 0.324 e. The zero-order valence-electron chi connectivity index (χ0n) is 10.5. The molecule has 0 aliphatic rings. The van der Waals surface area contributed by atoms with Crippen LogP contribution in [0.2, 0.25) is 0 Å². The van der Waals surface area contributed by atoms with E-state index in [4.69, 9.17) is 5.73 Å². The van der Waals surface area contributed by atoms with Gasteiger partial charge in [-0.25, -0.2) is 0 Å². The summed E-state index contributed by atoms with van der Waals surface area (Å²) in [5, 5.41) is 0. The first kappa shape index (κ1) is 13.2. The molecular weight excluding hydrogens is 290 g/mol. The molecule has 2 aromatic heterocycles. The van der Waals surface area contributed by atoms with Gasteiger partial charge < -0.3 is 5.73 Å². The van der Waals surface area contributed by atoms with Crippen LogP contribution >= 0.6 is 15.9 Å². The lowest BCUT2D eigenvalue weighted by atomic mass is 9.99. The van der Waals surface area contributed by atoms with Gasteiger partial charge in [0.25, 0.3) is 0 Å². The first-order chi connectivity index (χ1) is 8.56. The highest BCUT2D eigenvalue weighted by Gasteiger charge is 2.11. The van der Waals surface area contributed by atoms with E-state index in [-0.39, 0.29) is 6.04 Å². The summed E-state index contributed by atoms with van der Waals surface area (Å²) in [6, 6.07) is 6.06. The Kier molecular flexibility index (Phi) is 4.09. The molecule has 18 heavy (non-hydrogen) atoms. The first-order valence-electron chi connectivity index (χ1n) is 5.85. The van der Waals surface area contributed by atoms with Crippen molar-refractivity contribution < 1.29 is 0 Å². The standard InChI is InChI=1S/C14H16BrN3/c1-9-3-4-13(10(2)18-9)14(16)6-11-5-12(15)8-17-7-11/h3-5,7-8,14H,6,16H2,1-2H3. The number of aryl methyl sites for hydroxylation is 2. The maximum atomic E-state index is 6.24. The van der Waals surface area contributed by atoms with Crippen LogP contribution in [0.4, 0.5) is 0 Å². The SMILES string of the molecule is Cc1ccc(C(N)Cc2cncc(Br)c2)c(C)n1. The fraction of sp³-hybridized carbons (Fsp3) is 0.286. The van der Waals surface area contributed by atoms with Gasteiger partial charge in [0.15, 0.2) is 0 Å². The third kappa shape index (κ3) is 3.15. The summed E-state index contributed by atoms with van der Waals surface area (Å²) in [5.74, 6) is 0. The third-order valence-corrected chi connectivity index (χ3v) is 3.32. The van der Waals surface area contributed by atoms with Crippen LogP contribution in [0.3, 0.4) is 0 Å². The second kappa shape index (κ2) is 5.59. The van der Waals surface area contributed by atoms with Crippen molar-refractivity contribution in [3.05, 3.63) is 57.6 Å². The van der Waals surface area contributed by atoms with Crippen LogP contribution in [0.15, 0.2) is 35.1 Å². The molecule has 4 heteroatoms. The molecule has 1 atom stereocenters. The molecule has 0 bridgehead atoms. The lowest BCUT2D eigenvalue weighted by Crippen LogP contribution is -2.15. The molecule has 0 aliphatic carbocycles. The van der Waals surface area contributed by atoms with Gasteiger partial charge >= 0.3 is 0 Å².